The lowest BCUT2D eigenvalue weighted by molar-refractivity contribution is -0.156. The van der Waals surface area contributed by atoms with Crippen molar-refractivity contribution in [2.45, 2.75) is 12.6 Å². The van der Waals surface area contributed by atoms with Gasteiger partial charge < -0.3 is 9.84 Å². The monoisotopic (exact) mass is 255 g/mol. The molecule has 0 aliphatic carbocycles. The van der Waals surface area contributed by atoms with Crippen molar-refractivity contribution in [1.82, 2.24) is 4.90 Å². The van der Waals surface area contributed by atoms with Gasteiger partial charge >= 0.3 is 5.97 Å². The van der Waals surface area contributed by atoms with Crippen LogP contribution in [0.2, 0.25) is 5.02 Å². The van der Waals surface area contributed by atoms with Crippen molar-refractivity contribution in [2.75, 3.05) is 19.7 Å². The number of benzene rings is 1. The van der Waals surface area contributed by atoms with Gasteiger partial charge in [-0.25, -0.2) is 4.79 Å². The first kappa shape index (κ1) is 12.4. The minimum atomic E-state index is -0.902. The molecule has 1 saturated heterocycles. The molecule has 1 aliphatic rings. The highest BCUT2D eigenvalue weighted by Crippen LogP contribution is 2.14. The maximum Gasteiger partial charge on any atom is 0.334 e. The van der Waals surface area contributed by atoms with Crippen LogP contribution in [-0.2, 0) is 16.1 Å². The number of halogens is 1. The highest BCUT2D eigenvalue weighted by atomic mass is 35.5. The Hall–Kier alpha value is -1.10. The Morgan fingerprint density at radius 3 is 3.12 bits per heavy atom. The standard InChI is InChI=1S/C12H14ClNO3/c13-10-3-1-2-9(6-10)7-14-4-5-17-11(8-14)12(15)16/h1-3,6,11H,4-5,7-8H2,(H,15,16). The minimum absolute atomic E-state index is 0.418. The average Bonchev–Trinajstić information content (AvgIpc) is 2.29. The molecular weight excluding hydrogens is 242 g/mol. The minimum Gasteiger partial charge on any atom is -0.479 e. The third kappa shape index (κ3) is 3.43. The third-order valence-corrected chi connectivity index (χ3v) is 2.96. The molecule has 1 N–H and O–H groups in total. The first-order valence-corrected chi connectivity index (χ1v) is 5.84. The Morgan fingerprint density at radius 2 is 2.41 bits per heavy atom. The Morgan fingerprint density at radius 1 is 1.59 bits per heavy atom. The number of carboxylic acids is 1. The van der Waals surface area contributed by atoms with Crippen LogP contribution in [0.4, 0.5) is 0 Å². The van der Waals surface area contributed by atoms with Gasteiger partial charge in [-0.15, -0.1) is 0 Å². The normalized spacial score (nSPS) is 21.4. The van der Waals surface area contributed by atoms with Gasteiger partial charge in [0.2, 0.25) is 0 Å². The molecule has 1 aliphatic heterocycles. The van der Waals surface area contributed by atoms with E-state index in [1.807, 2.05) is 24.3 Å². The lowest BCUT2D eigenvalue weighted by Crippen LogP contribution is -2.45. The zero-order chi connectivity index (χ0) is 12.3. The maximum atomic E-state index is 10.8. The summed E-state index contributed by atoms with van der Waals surface area (Å²) in [5.74, 6) is -0.902. The van der Waals surface area contributed by atoms with Crippen LogP contribution in [-0.4, -0.2) is 41.8 Å². The molecule has 0 spiro atoms. The van der Waals surface area contributed by atoms with Crippen molar-refractivity contribution in [3.05, 3.63) is 34.9 Å². The van der Waals surface area contributed by atoms with E-state index in [2.05, 4.69) is 4.90 Å². The second-order valence-corrected chi connectivity index (χ2v) is 4.50. The van der Waals surface area contributed by atoms with Crippen molar-refractivity contribution in [2.24, 2.45) is 0 Å². The quantitative estimate of drug-likeness (QED) is 0.892. The van der Waals surface area contributed by atoms with E-state index in [0.29, 0.717) is 24.7 Å². The molecule has 1 atom stereocenters. The molecule has 92 valence electrons. The highest BCUT2D eigenvalue weighted by molar-refractivity contribution is 6.30. The fourth-order valence-corrected chi connectivity index (χ4v) is 2.10. The lowest BCUT2D eigenvalue weighted by atomic mass is 10.2. The summed E-state index contributed by atoms with van der Waals surface area (Å²) in [6.07, 6.45) is -0.720. The van der Waals surface area contributed by atoms with E-state index in [4.69, 9.17) is 21.4 Å². The molecule has 1 unspecified atom stereocenters. The number of aliphatic carboxylic acids is 1. The van der Waals surface area contributed by atoms with Gasteiger partial charge in [0, 0.05) is 24.7 Å². The van der Waals surface area contributed by atoms with Crippen molar-refractivity contribution < 1.29 is 14.6 Å². The number of hydrogen-bond donors (Lipinski definition) is 1. The van der Waals surface area contributed by atoms with Crippen LogP contribution in [0.15, 0.2) is 24.3 Å². The summed E-state index contributed by atoms with van der Waals surface area (Å²) in [4.78, 5) is 12.9. The first-order valence-electron chi connectivity index (χ1n) is 5.46. The van der Waals surface area contributed by atoms with Crippen LogP contribution >= 0.6 is 11.6 Å². The number of rotatable bonds is 3. The third-order valence-electron chi connectivity index (χ3n) is 2.72. The summed E-state index contributed by atoms with van der Waals surface area (Å²) in [5.41, 5.74) is 1.09. The number of ether oxygens (including phenoxy) is 1. The van der Waals surface area contributed by atoms with Crippen molar-refractivity contribution >= 4 is 17.6 Å². The molecule has 1 fully saturated rings. The Bertz CT molecular complexity index is 410. The number of carboxylic acid groups (broad SMARTS) is 1. The van der Waals surface area contributed by atoms with Gasteiger partial charge in [-0.05, 0) is 17.7 Å². The van der Waals surface area contributed by atoms with E-state index in [1.54, 1.807) is 0 Å². The average molecular weight is 256 g/mol. The molecule has 1 heterocycles. The van der Waals surface area contributed by atoms with Crippen LogP contribution in [0.3, 0.4) is 0 Å². The second kappa shape index (κ2) is 5.49. The van der Waals surface area contributed by atoms with Gasteiger partial charge in [-0.1, -0.05) is 23.7 Å². The summed E-state index contributed by atoms with van der Waals surface area (Å²) >= 11 is 5.90. The first-order chi connectivity index (χ1) is 8.15. The predicted molar refractivity (Wildman–Crippen MR) is 64.1 cm³/mol. The molecule has 0 aromatic heterocycles. The predicted octanol–water partition coefficient (Wildman–Crippen LogP) is 1.63. The zero-order valence-electron chi connectivity index (χ0n) is 9.30. The van der Waals surface area contributed by atoms with Gasteiger partial charge in [0.15, 0.2) is 6.10 Å². The van der Waals surface area contributed by atoms with Crippen LogP contribution in [0.25, 0.3) is 0 Å². The largest absolute Gasteiger partial charge is 0.479 e. The van der Waals surface area contributed by atoms with E-state index in [0.717, 1.165) is 12.1 Å². The Balaban J connectivity index is 1.97. The maximum absolute atomic E-state index is 10.8. The van der Waals surface area contributed by atoms with Crippen LogP contribution in [0.1, 0.15) is 5.56 Å². The molecule has 0 bridgehead atoms. The van der Waals surface area contributed by atoms with E-state index in [9.17, 15) is 4.79 Å². The number of hydrogen-bond acceptors (Lipinski definition) is 3. The second-order valence-electron chi connectivity index (χ2n) is 4.06. The summed E-state index contributed by atoms with van der Waals surface area (Å²) in [6.45, 7) is 2.32. The van der Waals surface area contributed by atoms with Gasteiger partial charge in [0.25, 0.3) is 0 Å². The summed E-state index contributed by atoms with van der Waals surface area (Å²) < 4.78 is 5.16. The van der Waals surface area contributed by atoms with E-state index in [1.165, 1.54) is 0 Å². The van der Waals surface area contributed by atoms with Gasteiger partial charge in [-0.2, -0.15) is 0 Å². The molecule has 17 heavy (non-hydrogen) atoms. The van der Waals surface area contributed by atoms with Crippen LogP contribution in [0.5, 0.6) is 0 Å². The van der Waals surface area contributed by atoms with Gasteiger partial charge in [0.1, 0.15) is 0 Å². The zero-order valence-corrected chi connectivity index (χ0v) is 10.1. The number of morpholine rings is 1. The summed E-state index contributed by atoms with van der Waals surface area (Å²) in [7, 11) is 0. The molecule has 1 aromatic carbocycles. The highest BCUT2D eigenvalue weighted by Gasteiger charge is 2.25. The Labute approximate surface area is 105 Å². The van der Waals surface area contributed by atoms with Crippen molar-refractivity contribution in [3.8, 4) is 0 Å². The molecule has 2 rings (SSSR count). The van der Waals surface area contributed by atoms with Crippen LogP contribution in [0, 0.1) is 0 Å². The fourth-order valence-electron chi connectivity index (χ4n) is 1.89. The molecule has 4 nitrogen and oxygen atoms in total. The molecule has 0 radical (unpaired) electrons. The molecule has 5 heteroatoms. The van der Waals surface area contributed by atoms with Crippen LogP contribution < -0.4 is 0 Å². The lowest BCUT2D eigenvalue weighted by Gasteiger charge is -2.30. The van der Waals surface area contributed by atoms with E-state index in [-0.39, 0.29) is 0 Å². The summed E-state index contributed by atoms with van der Waals surface area (Å²) in [5, 5.41) is 9.59. The molecule has 0 amide bonds. The molecule has 1 aromatic rings. The Kier molecular flexibility index (Phi) is 3.99. The van der Waals surface area contributed by atoms with Crippen molar-refractivity contribution in [3.63, 3.8) is 0 Å². The van der Waals surface area contributed by atoms with E-state index < -0.39 is 12.1 Å². The number of carbonyl (C=O) groups is 1. The van der Waals surface area contributed by atoms with Gasteiger partial charge in [0.05, 0.1) is 6.61 Å². The topological polar surface area (TPSA) is 49.8 Å². The van der Waals surface area contributed by atoms with Gasteiger partial charge in [-0.3, -0.25) is 4.90 Å². The SMILES string of the molecule is O=C(O)C1CN(Cc2cccc(Cl)c2)CCO1. The molecule has 0 saturated carbocycles. The van der Waals surface area contributed by atoms with Crippen molar-refractivity contribution in [1.29, 1.82) is 0 Å². The summed E-state index contributed by atoms with van der Waals surface area (Å²) in [6, 6.07) is 7.60. The number of nitrogens with zero attached hydrogens (tertiary/aromatic N) is 1. The fraction of sp³-hybridized carbons (Fsp3) is 0.417. The smallest absolute Gasteiger partial charge is 0.334 e. The van der Waals surface area contributed by atoms with E-state index >= 15 is 0 Å². The molecular formula is C12H14ClNO3.